The van der Waals surface area contributed by atoms with Crippen molar-refractivity contribution >= 4 is 37.7 Å². The van der Waals surface area contributed by atoms with Crippen LogP contribution < -0.4 is 4.72 Å². The van der Waals surface area contributed by atoms with Crippen molar-refractivity contribution in [3.05, 3.63) is 28.5 Å². The summed E-state index contributed by atoms with van der Waals surface area (Å²) in [6.07, 6.45) is 3.77. The molecule has 0 saturated heterocycles. The number of benzene rings is 1. The molecule has 0 heterocycles. The molecular weight excluding hydrogens is 341 g/mol. The zero-order chi connectivity index (χ0) is 13.6. The van der Waals surface area contributed by atoms with Crippen LogP contribution in [0, 0.1) is 5.82 Å². The van der Waals surface area contributed by atoms with Crippen molar-refractivity contribution < 1.29 is 12.8 Å². The maximum Gasteiger partial charge on any atom is 0.241 e. The third-order valence-electron chi connectivity index (χ3n) is 2.25. The molecule has 7 heteroatoms. The fourth-order valence-electron chi connectivity index (χ4n) is 1.35. The van der Waals surface area contributed by atoms with Gasteiger partial charge in [0.25, 0.3) is 0 Å². The van der Waals surface area contributed by atoms with Crippen LogP contribution >= 0.6 is 27.7 Å². The number of hydrogen-bond acceptors (Lipinski definition) is 3. The monoisotopic (exact) mass is 355 g/mol. The quantitative estimate of drug-likeness (QED) is 0.764. The lowest BCUT2D eigenvalue weighted by Gasteiger charge is -2.08. The highest BCUT2D eigenvalue weighted by Crippen LogP contribution is 2.22. The van der Waals surface area contributed by atoms with Crippen molar-refractivity contribution in [3.8, 4) is 0 Å². The second kappa shape index (κ2) is 7.47. The van der Waals surface area contributed by atoms with E-state index in [0.29, 0.717) is 6.54 Å². The molecule has 0 aromatic heterocycles. The lowest BCUT2D eigenvalue weighted by molar-refractivity contribution is 0.577. The SMILES string of the molecule is CSCCCCNS(=O)(=O)c1ccc(F)cc1Br. The number of hydrogen-bond donors (Lipinski definition) is 1. The summed E-state index contributed by atoms with van der Waals surface area (Å²) >= 11 is 4.79. The summed E-state index contributed by atoms with van der Waals surface area (Å²) in [4.78, 5) is 0.0637. The van der Waals surface area contributed by atoms with Crippen LogP contribution in [-0.2, 0) is 10.0 Å². The first-order valence-corrected chi connectivity index (χ1v) is 9.08. The molecule has 0 atom stereocenters. The summed E-state index contributed by atoms with van der Waals surface area (Å²) in [7, 11) is -3.57. The van der Waals surface area contributed by atoms with Gasteiger partial charge in [0.1, 0.15) is 5.82 Å². The third-order valence-corrected chi connectivity index (χ3v) is 5.39. The van der Waals surface area contributed by atoms with E-state index in [2.05, 4.69) is 20.7 Å². The Morgan fingerprint density at radius 1 is 1.39 bits per heavy atom. The van der Waals surface area contributed by atoms with E-state index in [9.17, 15) is 12.8 Å². The molecule has 0 aliphatic rings. The Bertz CT molecular complexity index is 494. The van der Waals surface area contributed by atoms with Gasteiger partial charge in [-0.1, -0.05) is 0 Å². The summed E-state index contributed by atoms with van der Waals surface area (Å²) in [6.45, 7) is 0.396. The summed E-state index contributed by atoms with van der Waals surface area (Å²) in [5.41, 5.74) is 0. The number of halogens is 2. The predicted molar refractivity (Wildman–Crippen MR) is 76.9 cm³/mol. The zero-order valence-corrected chi connectivity index (χ0v) is 13.2. The first kappa shape index (κ1) is 15.9. The van der Waals surface area contributed by atoms with E-state index < -0.39 is 15.8 Å². The van der Waals surface area contributed by atoms with E-state index in [1.807, 2.05) is 6.26 Å². The fourth-order valence-corrected chi connectivity index (χ4v) is 3.96. The molecule has 1 aromatic rings. The highest BCUT2D eigenvalue weighted by Gasteiger charge is 2.17. The lowest BCUT2D eigenvalue weighted by atomic mass is 10.3. The van der Waals surface area contributed by atoms with Crippen LogP contribution in [0.3, 0.4) is 0 Å². The second-order valence-electron chi connectivity index (χ2n) is 3.67. The number of unbranched alkanes of at least 4 members (excludes halogenated alkanes) is 1. The topological polar surface area (TPSA) is 46.2 Å². The first-order valence-electron chi connectivity index (χ1n) is 5.41. The van der Waals surface area contributed by atoms with Crippen LogP contribution in [0.4, 0.5) is 4.39 Å². The molecule has 1 aromatic carbocycles. The summed E-state index contributed by atoms with van der Waals surface area (Å²) in [5.74, 6) is 0.544. The Kier molecular flexibility index (Phi) is 6.62. The molecule has 0 spiro atoms. The van der Waals surface area contributed by atoms with Crippen molar-refractivity contribution in [2.75, 3.05) is 18.6 Å². The average Bonchev–Trinajstić information content (AvgIpc) is 2.28. The van der Waals surface area contributed by atoms with Gasteiger partial charge in [-0.2, -0.15) is 11.8 Å². The molecule has 1 rings (SSSR count). The maximum atomic E-state index is 12.9. The van der Waals surface area contributed by atoms with E-state index in [4.69, 9.17) is 0 Å². The van der Waals surface area contributed by atoms with Crippen LogP contribution in [-0.4, -0.2) is 27.0 Å². The molecule has 1 N–H and O–H groups in total. The Labute approximate surface area is 120 Å². The molecule has 102 valence electrons. The van der Waals surface area contributed by atoms with Crippen LogP contribution in [0.5, 0.6) is 0 Å². The van der Waals surface area contributed by atoms with Gasteiger partial charge in [-0.3, -0.25) is 0 Å². The molecule has 0 aliphatic heterocycles. The van der Waals surface area contributed by atoms with Gasteiger partial charge in [-0.25, -0.2) is 17.5 Å². The zero-order valence-electron chi connectivity index (χ0n) is 9.95. The highest BCUT2D eigenvalue weighted by atomic mass is 79.9. The van der Waals surface area contributed by atoms with Gasteiger partial charge in [0, 0.05) is 11.0 Å². The minimum atomic E-state index is -3.57. The molecule has 3 nitrogen and oxygen atoms in total. The van der Waals surface area contributed by atoms with Gasteiger partial charge in [0.05, 0.1) is 4.90 Å². The van der Waals surface area contributed by atoms with Gasteiger partial charge in [0.15, 0.2) is 0 Å². The molecule has 18 heavy (non-hydrogen) atoms. The third kappa shape index (κ3) is 4.87. The van der Waals surface area contributed by atoms with E-state index >= 15 is 0 Å². The lowest BCUT2D eigenvalue weighted by Crippen LogP contribution is -2.25. The molecule has 0 aliphatic carbocycles. The fraction of sp³-hybridized carbons (Fsp3) is 0.455. The van der Waals surface area contributed by atoms with Crippen LogP contribution in [0.1, 0.15) is 12.8 Å². The minimum absolute atomic E-state index is 0.0637. The Balaban J connectivity index is 2.63. The molecule has 0 fully saturated rings. The molecule has 0 amide bonds. The number of sulfonamides is 1. The number of nitrogens with one attached hydrogen (secondary N) is 1. The largest absolute Gasteiger partial charge is 0.241 e. The standard InChI is InChI=1S/C11H15BrFNO2S2/c1-17-7-3-2-6-14-18(15,16)11-5-4-9(13)8-10(11)12/h4-5,8,14H,2-3,6-7H2,1H3. The van der Waals surface area contributed by atoms with Gasteiger partial charge in [-0.05, 0) is 59.0 Å². The van der Waals surface area contributed by atoms with Gasteiger partial charge >= 0.3 is 0 Å². The Morgan fingerprint density at radius 2 is 2.11 bits per heavy atom. The van der Waals surface area contributed by atoms with Crippen LogP contribution in [0.25, 0.3) is 0 Å². The van der Waals surface area contributed by atoms with E-state index in [0.717, 1.165) is 30.7 Å². The molecule has 0 unspecified atom stereocenters. The molecule has 0 saturated carbocycles. The van der Waals surface area contributed by atoms with Crippen LogP contribution in [0.15, 0.2) is 27.6 Å². The minimum Gasteiger partial charge on any atom is -0.211 e. The van der Waals surface area contributed by atoms with Crippen molar-refractivity contribution in [1.82, 2.24) is 4.72 Å². The van der Waals surface area contributed by atoms with Crippen molar-refractivity contribution in [3.63, 3.8) is 0 Å². The Hall–Kier alpha value is -0.110. The van der Waals surface area contributed by atoms with Gasteiger partial charge in [-0.15, -0.1) is 0 Å². The number of thioether (sulfide) groups is 1. The molecule has 0 radical (unpaired) electrons. The normalized spacial score (nSPS) is 11.7. The highest BCUT2D eigenvalue weighted by molar-refractivity contribution is 9.10. The van der Waals surface area contributed by atoms with Crippen LogP contribution in [0.2, 0.25) is 0 Å². The summed E-state index contributed by atoms with van der Waals surface area (Å²) in [6, 6.07) is 3.53. The van der Waals surface area contributed by atoms with Gasteiger partial charge < -0.3 is 0 Å². The maximum absolute atomic E-state index is 12.9. The second-order valence-corrected chi connectivity index (χ2v) is 7.25. The summed E-state index contributed by atoms with van der Waals surface area (Å²) < 4.78 is 39.5. The Morgan fingerprint density at radius 3 is 2.72 bits per heavy atom. The first-order chi connectivity index (χ1) is 8.47. The number of rotatable bonds is 7. The summed E-state index contributed by atoms with van der Waals surface area (Å²) in [5, 5.41) is 0. The predicted octanol–water partition coefficient (Wildman–Crippen LogP) is 3.01. The molecule has 0 bridgehead atoms. The van der Waals surface area contributed by atoms with Crippen molar-refractivity contribution in [2.24, 2.45) is 0 Å². The van der Waals surface area contributed by atoms with E-state index in [1.54, 1.807) is 11.8 Å². The molecular formula is C11H15BrFNO2S2. The van der Waals surface area contributed by atoms with Crippen molar-refractivity contribution in [1.29, 1.82) is 0 Å². The van der Waals surface area contributed by atoms with Gasteiger partial charge in [0.2, 0.25) is 10.0 Å². The average molecular weight is 356 g/mol. The van der Waals surface area contributed by atoms with E-state index in [1.165, 1.54) is 6.07 Å². The van der Waals surface area contributed by atoms with Crippen molar-refractivity contribution in [2.45, 2.75) is 17.7 Å². The smallest absolute Gasteiger partial charge is 0.211 e. The van der Waals surface area contributed by atoms with E-state index in [-0.39, 0.29) is 9.37 Å².